The third-order valence-corrected chi connectivity index (χ3v) is 4.58. The van der Waals surface area contributed by atoms with E-state index < -0.39 is 0 Å². The number of carbonyl (C=O) groups is 1. The van der Waals surface area contributed by atoms with Crippen molar-refractivity contribution in [3.05, 3.63) is 46.3 Å². The van der Waals surface area contributed by atoms with Crippen molar-refractivity contribution in [3.8, 4) is 6.07 Å². The van der Waals surface area contributed by atoms with Crippen LogP contribution in [0.25, 0.3) is 0 Å². The molecule has 8 heteroatoms. The van der Waals surface area contributed by atoms with Gasteiger partial charge in [0.25, 0.3) is 0 Å². The van der Waals surface area contributed by atoms with Crippen LogP contribution in [0.1, 0.15) is 17.0 Å². The first-order chi connectivity index (χ1) is 12.5. The number of nitrogens with zero attached hydrogens (tertiary/aromatic N) is 4. The molecule has 136 valence electrons. The fourth-order valence-corrected chi connectivity index (χ4v) is 3.14. The van der Waals surface area contributed by atoms with E-state index in [1.807, 2.05) is 19.1 Å². The summed E-state index contributed by atoms with van der Waals surface area (Å²) in [5.41, 5.74) is 1.92. The summed E-state index contributed by atoms with van der Waals surface area (Å²) in [5, 5.41) is 16.1. The van der Waals surface area contributed by atoms with Crippen molar-refractivity contribution in [2.24, 2.45) is 0 Å². The van der Waals surface area contributed by atoms with E-state index in [1.165, 1.54) is 0 Å². The molecule has 1 fully saturated rings. The number of halogens is 1. The molecule has 2 aromatic rings. The number of aryl methyl sites for hydroxylation is 1. The molecule has 0 aliphatic carbocycles. The molecule has 0 atom stereocenters. The number of amides is 1. The maximum absolute atomic E-state index is 12.2. The Morgan fingerprint density at radius 1 is 1.31 bits per heavy atom. The number of nitriles is 1. The molecule has 3 rings (SSSR count). The smallest absolute Gasteiger partial charge is 0.238 e. The fourth-order valence-electron chi connectivity index (χ4n) is 2.91. The predicted molar refractivity (Wildman–Crippen MR) is 97.8 cm³/mol. The van der Waals surface area contributed by atoms with Gasteiger partial charge in [-0.2, -0.15) is 5.26 Å². The number of benzene rings is 1. The average molecular weight is 374 g/mol. The second kappa shape index (κ2) is 8.32. The molecule has 2 heterocycles. The number of anilines is 1. The van der Waals surface area contributed by atoms with Gasteiger partial charge >= 0.3 is 0 Å². The molecule has 1 aromatic carbocycles. The molecule has 0 bridgehead atoms. The molecule has 0 spiro atoms. The first kappa shape index (κ1) is 18.4. The molecule has 1 aliphatic rings. The minimum atomic E-state index is -0.0913. The van der Waals surface area contributed by atoms with Gasteiger partial charge in [-0.1, -0.05) is 16.8 Å². The van der Waals surface area contributed by atoms with Crippen molar-refractivity contribution in [1.29, 1.82) is 5.26 Å². The van der Waals surface area contributed by atoms with Gasteiger partial charge < -0.3 is 9.84 Å². The van der Waals surface area contributed by atoms with Gasteiger partial charge in [0.15, 0.2) is 0 Å². The van der Waals surface area contributed by atoms with Crippen molar-refractivity contribution in [2.75, 3.05) is 38.0 Å². The number of hydrogen-bond acceptors (Lipinski definition) is 6. The summed E-state index contributed by atoms with van der Waals surface area (Å²) in [6.07, 6.45) is 0. The highest BCUT2D eigenvalue weighted by Crippen LogP contribution is 2.20. The number of aromatic nitrogens is 1. The quantitative estimate of drug-likeness (QED) is 0.865. The second-order valence-corrected chi connectivity index (χ2v) is 6.74. The highest BCUT2D eigenvalue weighted by atomic mass is 35.5. The first-order valence-corrected chi connectivity index (χ1v) is 8.77. The molecule has 7 nitrogen and oxygen atoms in total. The van der Waals surface area contributed by atoms with Crippen LogP contribution in [0.2, 0.25) is 5.02 Å². The Balaban J connectivity index is 1.44. The van der Waals surface area contributed by atoms with Crippen molar-refractivity contribution >= 4 is 23.2 Å². The number of carbonyl (C=O) groups excluding carboxylic acids is 1. The van der Waals surface area contributed by atoms with Crippen molar-refractivity contribution < 1.29 is 9.32 Å². The molecule has 26 heavy (non-hydrogen) atoms. The molecule has 1 aromatic heterocycles. The van der Waals surface area contributed by atoms with Gasteiger partial charge in [-0.3, -0.25) is 14.6 Å². The van der Waals surface area contributed by atoms with E-state index >= 15 is 0 Å². The zero-order chi connectivity index (χ0) is 18.5. The zero-order valence-corrected chi connectivity index (χ0v) is 15.3. The van der Waals surface area contributed by atoms with Crippen molar-refractivity contribution in [1.82, 2.24) is 15.0 Å². The number of nitrogens with one attached hydrogen (secondary N) is 1. The summed E-state index contributed by atoms with van der Waals surface area (Å²) in [6.45, 7) is 6.37. The molecule has 1 saturated heterocycles. The third-order valence-electron chi connectivity index (χ3n) is 4.27. The van der Waals surface area contributed by atoms with Gasteiger partial charge in [-0.15, -0.1) is 0 Å². The van der Waals surface area contributed by atoms with Crippen LogP contribution in [0.3, 0.4) is 0 Å². The summed E-state index contributed by atoms with van der Waals surface area (Å²) in [4.78, 5) is 16.6. The van der Waals surface area contributed by atoms with Crippen molar-refractivity contribution in [3.63, 3.8) is 0 Å². The van der Waals surface area contributed by atoms with Crippen LogP contribution in [0.5, 0.6) is 0 Å². The minimum Gasteiger partial charge on any atom is -0.361 e. The van der Waals surface area contributed by atoms with E-state index in [9.17, 15) is 4.79 Å². The molecular weight excluding hydrogens is 354 g/mol. The summed E-state index contributed by atoms with van der Waals surface area (Å²) < 4.78 is 5.09. The lowest BCUT2D eigenvalue weighted by Crippen LogP contribution is -2.48. The molecule has 0 saturated carbocycles. The first-order valence-electron chi connectivity index (χ1n) is 8.40. The largest absolute Gasteiger partial charge is 0.361 e. The lowest BCUT2D eigenvalue weighted by molar-refractivity contribution is -0.117. The summed E-state index contributed by atoms with van der Waals surface area (Å²) in [7, 11) is 0. The van der Waals surface area contributed by atoms with E-state index in [1.54, 1.807) is 18.2 Å². The molecule has 1 N–H and O–H groups in total. The van der Waals surface area contributed by atoms with Gasteiger partial charge in [0.1, 0.15) is 11.8 Å². The third kappa shape index (κ3) is 4.82. The number of piperazine rings is 1. The molecule has 1 aliphatic heterocycles. The topological polar surface area (TPSA) is 85.4 Å². The fraction of sp³-hybridized carbons (Fsp3) is 0.389. The van der Waals surface area contributed by atoms with Gasteiger partial charge in [-0.05, 0) is 25.1 Å². The van der Waals surface area contributed by atoms with E-state index in [-0.39, 0.29) is 5.91 Å². The Hall–Kier alpha value is -2.40. The van der Waals surface area contributed by atoms with Crippen LogP contribution in [-0.2, 0) is 11.3 Å². The van der Waals surface area contributed by atoms with Crippen LogP contribution in [-0.4, -0.2) is 53.6 Å². The number of rotatable bonds is 5. The standard InChI is InChI=1S/C18H20ClN5O2/c1-13-8-16(22-26-13)11-23-4-6-24(7-5-23)12-18(25)21-15-3-2-14(10-20)17(19)9-15/h2-3,8-9H,4-7,11-12H2,1H3,(H,21,25). The highest BCUT2D eigenvalue weighted by Gasteiger charge is 2.20. The van der Waals surface area contributed by atoms with Crippen LogP contribution in [0.4, 0.5) is 5.69 Å². The van der Waals surface area contributed by atoms with E-state index in [0.717, 1.165) is 44.2 Å². The van der Waals surface area contributed by atoms with Crippen LogP contribution in [0.15, 0.2) is 28.8 Å². The zero-order valence-electron chi connectivity index (χ0n) is 14.5. The lowest BCUT2D eigenvalue weighted by atomic mass is 10.2. The van der Waals surface area contributed by atoms with Gasteiger partial charge in [0.05, 0.1) is 22.8 Å². The molecular formula is C18H20ClN5O2. The lowest BCUT2D eigenvalue weighted by Gasteiger charge is -2.33. The summed E-state index contributed by atoms with van der Waals surface area (Å²) in [5.74, 6) is 0.726. The second-order valence-electron chi connectivity index (χ2n) is 6.34. The normalized spacial score (nSPS) is 15.6. The Kier molecular flexibility index (Phi) is 5.89. The van der Waals surface area contributed by atoms with Crippen molar-refractivity contribution in [2.45, 2.75) is 13.5 Å². The van der Waals surface area contributed by atoms with Crippen LogP contribution in [0, 0.1) is 18.3 Å². The Morgan fingerprint density at radius 3 is 2.65 bits per heavy atom. The SMILES string of the molecule is Cc1cc(CN2CCN(CC(=O)Nc3ccc(C#N)c(Cl)c3)CC2)no1. The van der Waals surface area contributed by atoms with Gasteiger partial charge in [0, 0.05) is 44.5 Å². The molecule has 0 radical (unpaired) electrons. The molecule has 1 amide bonds. The Labute approximate surface area is 157 Å². The maximum Gasteiger partial charge on any atom is 0.238 e. The van der Waals surface area contributed by atoms with Gasteiger partial charge in [-0.25, -0.2) is 0 Å². The molecule has 0 unspecified atom stereocenters. The van der Waals surface area contributed by atoms with Crippen LogP contribution >= 0.6 is 11.6 Å². The maximum atomic E-state index is 12.2. The average Bonchev–Trinajstić information content (AvgIpc) is 3.01. The van der Waals surface area contributed by atoms with Crippen LogP contribution < -0.4 is 5.32 Å². The van der Waals surface area contributed by atoms with Gasteiger partial charge in [0.2, 0.25) is 5.91 Å². The minimum absolute atomic E-state index is 0.0913. The van der Waals surface area contributed by atoms with E-state index in [0.29, 0.717) is 22.8 Å². The monoisotopic (exact) mass is 373 g/mol. The Morgan fingerprint density at radius 2 is 2.04 bits per heavy atom. The van der Waals surface area contributed by atoms with E-state index in [4.69, 9.17) is 21.4 Å². The summed E-state index contributed by atoms with van der Waals surface area (Å²) >= 11 is 5.99. The van der Waals surface area contributed by atoms with E-state index in [2.05, 4.69) is 20.3 Å². The highest BCUT2D eigenvalue weighted by molar-refractivity contribution is 6.32. The predicted octanol–water partition coefficient (Wildman–Crippen LogP) is 2.26. The number of hydrogen-bond donors (Lipinski definition) is 1. The summed E-state index contributed by atoms with van der Waals surface area (Å²) in [6, 6.07) is 8.82. The Bertz CT molecular complexity index is 821.